The van der Waals surface area contributed by atoms with Crippen LogP contribution in [0.1, 0.15) is 36.2 Å². The highest BCUT2D eigenvalue weighted by molar-refractivity contribution is 5.92. The van der Waals surface area contributed by atoms with Gasteiger partial charge in [0.15, 0.2) is 0 Å². The van der Waals surface area contributed by atoms with Gasteiger partial charge in [-0.25, -0.2) is 4.79 Å². The quantitative estimate of drug-likeness (QED) is 0.848. The van der Waals surface area contributed by atoms with Crippen LogP contribution >= 0.6 is 0 Å². The minimum absolute atomic E-state index is 0.0461. The molecule has 2 aromatic heterocycles. The molecule has 1 atom stereocenters. The number of likely N-dealkylation sites (tertiary alicyclic amines) is 1. The molecule has 8 nitrogen and oxygen atoms in total. The predicted octanol–water partition coefficient (Wildman–Crippen LogP) is 0.345. The van der Waals surface area contributed by atoms with Crippen LogP contribution in [0.5, 0.6) is 0 Å². The van der Waals surface area contributed by atoms with Crippen molar-refractivity contribution in [2.75, 3.05) is 6.54 Å². The van der Waals surface area contributed by atoms with E-state index >= 15 is 0 Å². The van der Waals surface area contributed by atoms with Crippen LogP contribution in [-0.2, 0) is 6.54 Å². The summed E-state index contributed by atoms with van der Waals surface area (Å²) in [6.07, 6.45) is 7.33. The maximum Gasteiger partial charge on any atom is 0.326 e. The van der Waals surface area contributed by atoms with Crippen molar-refractivity contribution < 1.29 is 4.79 Å². The second kappa shape index (κ2) is 6.64. The monoisotopic (exact) mass is 317 g/mol. The van der Waals surface area contributed by atoms with Crippen molar-refractivity contribution in [3.8, 4) is 0 Å². The number of H-pyrrole nitrogens is 2. The number of carbonyl (C=O) groups is 1. The van der Waals surface area contributed by atoms with E-state index in [0.29, 0.717) is 6.54 Å². The Morgan fingerprint density at radius 1 is 1.30 bits per heavy atom. The molecule has 8 heteroatoms. The third-order valence-electron chi connectivity index (χ3n) is 4.13. The average molecular weight is 317 g/mol. The van der Waals surface area contributed by atoms with Crippen LogP contribution in [-0.4, -0.2) is 43.1 Å². The molecule has 0 spiro atoms. The first kappa shape index (κ1) is 15.3. The molecule has 1 aliphatic rings. The van der Waals surface area contributed by atoms with Gasteiger partial charge in [-0.2, -0.15) is 5.10 Å². The van der Waals surface area contributed by atoms with Crippen molar-refractivity contribution in [3.63, 3.8) is 0 Å². The Kier molecular flexibility index (Phi) is 4.40. The van der Waals surface area contributed by atoms with Crippen molar-refractivity contribution in [1.82, 2.24) is 24.6 Å². The minimum atomic E-state index is -0.661. The second-order valence-corrected chi connectivity index (χ2v) is 5.71. The second-order valence-electron chi connectivity index (χ2n) is 5.71. The lowest BCUT2D eigenvalue weighted by atomic mass is 9.99. The molecule has 1 fully saturated rings. The maximum atomic E-state index is 12.7. The summed E-state index contributed by atoms with van der Waals surface area (Å²) < 4.78 is 1.84. The maximum absolute atomic E-state index is 12.7. The Morgan fingerprint density at radius 3 is 2.91 bits per heavy atom. The molecule has 0 aromatic carbocycles. The SMILES string of the molecule is O=C(c1cc(=O)[nH]c(=O)[nH]1)N1CCCC[C@@H]1CCn1cccn1. The fourth-order valence-corrected chi connectivity index (χ4v) is 3.02. The Labute approximate surface area is 132 Å². The predicted molar refractivity (Wildman–Crippen MR) is 83.2 cm³/mol. The van der Waals surface area contributed by atoms with Gasteiger partial charge < -0.3 is 9.88 Å². The lowest BCUT2D eigenvalue weighted by Gasteiger charge is -2.35. The molecule has 2 N–H and O–H groups in total. The molecule has 0 aliphatic carbocycles. The number of rotatable bonds is 4. The van der Waals surface area contributed by atoms with E-state index in [1.165, 1.54) is 0 Å². The zero-order chi connectivity index (χ0) is 16.2. The highest BCUT2D eigenvalue weighted by atomic mass is 16.2. The molecule has 3 heterocycles. The number of nitrogens with zero attached hydrogens (tertiary/aromatic N) is 3. The van der Waals surface area contributed by atoms with E-state index in [1.54, 1.807) is 11.1 Å². The highest BCUT2D eigenvalue weighted by Gasteiger charge is 2.28. The average Bonchev–Trinajstić information content (AvgIpc) is 3.05. The van der Waals surface area contributed by atoms with Gasteiger partial charge in [0.25, 0.3) is 11.5 Å². The number of piperidine rings is 1. The summed E-state index contributed by atoms with van der Waals surface area (Å²) in [5.41, 5.74) is -1.18. The van der Waals surface area contributed by atoms with Gasteiger partial charge in [-0.3, -0.25) is 19.3 Å². The van der Waals surface area contributed by atoms with E-state index in [-0.39, 0.29) is 17.6 Å². The first-order valence-electron chi connectivity index (χ1n) is 7.75. The van der Waals surface area contributed by atoms with Crippen LogP contribution in [0.3, 0.4) is 0 Å². The van der Waals surface area contributed by atoms with Crippen molar-refractivity contribution in [3.05, 3.63) is 51.1 Å². The van der Waals surface area contributed by atoms with Crippen molar-refractivity contribution >= 4 is 5.91 Å². The minimum Gasteiger partial charge on any atom is -0.334 e. The molecule has 0 unspecified atom stereocenters. The summed E-state index contributed by atoms with van der Waals surface area (Å²) in [5.74, 6) is -0.293. The molecule has 0 bridgehead atoms. The lowest BCUT2D eigenvalue weighted by Crippen LogP contribution is -2.45. The molecular weight excluding hydrogens is 298 g/mol. The van der Waals surface area contributed by atoms with Gasteiger partial charge in [0.2, 0.25) is 0 Å². The van der Waals surface area contributed by atoms with E-state index in [4.69, 9.17) is 0 Å². The molecule has 23 heavy (non-hydrogen) atoms. The number of hydrogen-bond donors (Lipinski definition) is 2. The fraction of sp³-hybridized carbons (Fsp3) is 0.467. The summed E-state index contributed by atoms with van der Waals surface area (Å²) in [4.78, 5) is 41.7. The molecule has 0 saturated carbocycles. The normalized spacial score (nSPS) is 18.1. The summed E-state index contributed by atoms with van der Waals surface area (Å²) >= 11 is 0. The van der Waals surface area contributed by atoms with Crippen LogP contribution in [0.4, 0.5) is 0 Å². The smallest absolute Gasteiger partial charge is 0.326 e. The summed E-state index contributed by atoms with van der Waals surface area (Å²) in [7, 11) is 0. The zero-order valence-corrected chi connectivity index (χ0v) is 12.7. The van der Waals surface area contributed by atoms with Crippen LogP contribution in [0.15, 0.2) is 34.1 Å². The van der Waals surface area contributed by atoms with Gasteiger partial charge in [-0.05, 0) is 31.7 Å². The summed E-state index contributed by atoms with van der Waals surface area (Å²) in [6.45, 7) is 1.37. The number of hydrogen-bond acceptors (Lipinski definition) is 4. The molecule has 122 valence electrons. The van der Waals surface area contributed by atoms with Gasteiger partial charge >= 0.3 is 5.69 Å². The third kappa shape index (κ3) is 3.58. The van der Waals surface area contributed by atoms with Gasteiger partial charge in [0, 0.05) is 37.6 Å². The Morgan fingerprint density at radius 2 is 2.17 bits per heavy atom. The summed E-state index contributed by atoms with van der Waals surface area (Å²) in [5, 5.41) is 4.17. The van der Waals surface area contributed by atoms with Crippen LogP contribution in [0, 0.1) is 0 Å². The molecule has 0 radical (unpaired) electrons. The third-order valence-corrected chi connectivity index (χ3v) is 4.13. The molecule has 1 amide bonds. The standard InChI is InChI=1S/C15H19N5O3/c21-13-10-12(17-15(23)18-13)14(22)20-8-2-1-4-11(20)5-9-19-7-3-6-16-19/h3,6-7,10-11H,1-2,4-5,8-9H2,(H2,17,18,21,23)/t11-/m1/s1. The molecule has 2 aromatic rings. The molecule has 3 rings (SSSR count). The van der Waals surface area contributed by atoms with Crippen LogP contribution < -0.4 is 11.2 Å². The van der Waals surface area contributed by atoms with Crippen molar-refractivity contribution in [1.29, 1.82) is 0 Å². The molecule has 1 saturated heterocycles. The number of nitrogens with one attached hydrogen (secondary N) is 2. The Balaban J connectivity index is 1.75. The molecule has 1 aliphatic heterocycles. The van der Waals surface area contributed by atoms with Crippen LogP contribution in [0.25, 0.3) is 0 Å². The zero-order valence-electron chi connectivity index (χ0n) is 12.7. The van der Waals surface area contributed by atoms with Gasteiger partial charge in [0.05, 0.1) is 0 Å². The number of carbonyl (C=O) groups excluding carboxylic acids is 1. The van der Waals surface area contributed by atoms with Crippen molar-refractivity contribution in [2.24, 2.45) is 0 Å². The van der Waals surface area contributed by atoms with Crippen molar-refractivity contribution in [2.45, 2.75) is 38.3 Å². The number of amides is 1. The van der Waals surface area contributed by atoms with E-state index in [1.807, 2.05) is 16.9 Å². The first-order valence-corrected chi connectivity index (χ1v) is 7.75. The van der Waals surface area contributed by atoms with Gasteiger partial charge in [-0.15, -0.1) is 0 Å². The van der Waals surface area contributed by atoms with Gasteiger partial charge in [0.1, 0.15) is 5.69 Å². The first-order chi connectivity index (χ1) is 11.1. The molecular formula is C15H19N5O3. The number of aromatic nitrogens is 4. The van der Waals surface area contributed by atoms with E-state index in [0.717, 1.165) is 38.3 Å². The van der Waals surface area contributed by atoms with E-state index in [9.17, 15) is 14.4 Å². The van der Waals surface area contributed by atoms with E-state index in [2.05, 4.69) is 15.1 Å². The Hall–Kier alpha value is -2.64. The Bertz CT molecular complexity index is 749. The topological polar surface area (TPSA) is 104 Å². The highest BCUT2D eigenvalue weighted by Crippen LogP contribution is 2.21. The fourth-order valence-electron chi connectivity index (χ4n) is 3.02. The van der Waals surface area contributed by atoms with E-state index < -0.39 is 11.2 Å². The number of aromatic amines is 2. The lowest BCUT2D eigenvalue weighted by molar-refractivity contribution is 0.0587. The number of aryl methyl sites for hydroxylation is 1. The largest absolute Gasteiger partial charge is 0.334 e. The summed E-state index contributed by atoms with van der Waals surface area (Å²) in [6, 6.07) is 3.09. The van der Waals surface area contributed by atoms with Crippen LogP contribution in [0.2, 0.25) is 0 Å². The van der Waals surface area contributed by atoms with Gasteiger partial charge in [-0.1, -0.05) is 0 Å².